The zero-order valence-electron chi connectivity index (χ0n) is 9.86. The lowest BCUT2D eigenvalue weighted by molar-refractivity contribution is -0.0605. The van der Waals surface area contributed by atoms with E-state index in [1.54, 1.807) is 12.1 Å². The van der Waals surface area contributed by atoms with E-state index in [2.05, 4.69) is 26.2 Å². The van der Waals surface area contributed by atoms with Crippen molar-refractivity contribution < 1.29 is 14.6 Å². The molecular formula is C12H15BrN2O3. The molecule has 2 N–H and O–H groups in total. The van der Waals surface area contributed by atoms with Crippen LogP contribution in [0.1, 0.15) is 23.2 Å². The van der Waals surface area contributed by atoms with Gasteiger partial charge in [-0.15, -0.1) is 0 Å². The van der Waals surface area contributed by atoms with Crippen LogP contribution >= 0.6 is 15.9 Å². The number of nitrogens with one attached hydrogen (secondary N) is 1. The van der Waals surface area contributed by atoms with Crippen molar-refractivity contribution in [3.05, 3.63) is 28.5 Å². The molecule has 1 aliphatic heterocycles. The molecule has 1 aromatic rings. The van der Waals surface area contributed by atoms with Gasteiger partial charge in [-0.25, -0.2) is 4.98 Å². The number of carbonyl (C=O) groups excluding carboxylic acids is 1. The van der Waals surface area contributed by atoms with Crippen molar-refractivity contribution in [1.82, 2.24) is 10.3 Å². The highest BCUT2D eigenvalue weighted by molar-refractivity contribution is 9.10. The smallest absolute Gasteiger partial charge is 0.252 e. The fraction of sp³-hybridized carbons (Fsp3) is 0.500. The number of hydrogen-bond donors (Lipinski definition) is 2. The lowest BCUT2D eigenvalue weighted by Gasteiger charge is -2.32. The van der Waals surface area contributed by atoms with Gasteiger partial charge < -0.3 is 15.2 Å². The third-order valence-electron chi connectivity index (χ3n) is 2.99. The topological polar surface area (TPSA) is 71.5 Å². The first-order valence-corrected chi connectivity index (χ1v) is 6.58. The Bertz CT molecular complexity index is 416. The van der Waals surface area contributed by atoms with Crippen molar-refractivity contribution in [2.75, 3.05) is 19.8 Å². The summed E-state index contributed by atoms with van der Waals surface area (Å²) in [6, 6.07) is 3.39. The Morgan fingerprint density at radius 3 is 2.83 bits per heavy atom. The number of amides is 1. The van der Waals surface area contributed by atoms with E-state index in [9.17, 15) is 9.90 Å². The maximum Gasteiger partial charge on any atom is 0.252 e. The van der Waals surface area contributed by atoms with Gasteiger partial charge in [0.05, 0.1) is 11.2 Å². The second-order valence-corrected chi connectivity index (χ2v) is 5.20. The molecule has 0 radical (unpaired) electrons. The van der Waals surface area contributed by atoms with E-state index in [0.29, 0.717) is 36.2 Å². The number of rotatable bonds is 3. The highest BCUT2D eigenvalue weighted by Gasteiger charge is 2.30. The largest absolute Gasteiger partial charge is 0.388 e. The monoisotopic (exact) mass is 314 g/mol. The van der Waals surface area contributed by atoms with Gasteiger partial charge >= 0.3 is 0 Å². The molecule has 0 bridgehead atoms. The van der Waals surface area contributed by atoms with E-state index in [4.69, 9.17) is 4.74 Å². The first-order valence-electron chi connectivity index (χ1n) is 5.79. The summed E-state index contributed by atoms with van der Waals surface area (Å²) in [5.41, 5.74) is -0.370. The van der Waals surface area contributed by atoms with Crippen molar-refractivity contribution in [3.8, 4) is 0 Å². The molecule has 1 saturated heterocycles. The number of hydrogen-bond acceptors (Lipinski definition) is 4. The Labute approximate surface area is 114 Å². The number of ether oxygens (including phenoxy) is 1. The first kappa shape index (κ1) is 13.5. The highest BCUT2D eigenvalue weighted by atomic mass is 79.9. The average Bonchev–Trinajstić information content (AvgIpc) is 2.38. The normalized spacial score (nSPS) is 18.3. The third-order valence-corrected chi connectivity index (χ3v) is 3.46. The highest BCUT2D eigenvalue weighted by Crippen LogP contribution is 2.19. The average molecular weight is 315 g/mol. The molecule has 1 aromatic heterocycles. The molecule has 1 aliphatic rings. The van der Waals surface area contributed by atoms with Crippen molar-refractivity contribution in [1.29, 1.82) is 0 Å². The van der Waals surface area contributed by atoms with Crippen LogP contribution in [0.4, 0.5) is 0 Å². The molecule has 18 heavy (non-hydrogen) atoms. The minimum Gasteiger partial charge on any atom is -0.388 e. The summed E-state index contributed by atoms with van der Waals surface area (Å²) in [5.74, 6) is -0.227. The second-order valence-electron chi connectivity index (χ2n) is 4.39. The molecule has 98 valence electrons. The van der Waals surface area contributed by atoms with Crippen LogP contribution in [-0.2, 0) is 4.74 Å². The van der Waals surface area contributed by atoms with Crippen molar-refractivity contribution >= 4 is 21.8 Å². The van der Waals surface area contributed by atoms with Gasteiger partial charge in [0, 0.05) is 38.8 Å². The Kier molecular flexibility index (Phi) is 4.31. The summed E-state index contributed by atoms with van der Waals surface area (Å²) in [7, 11) is 0. The Morgan fingerprint density at radius 2 is 2.22 bits per heavy atom. The Hall–Kier alpha value is -0.980. The molecule has 0 aromatic carbocycles. The summed E-state index contributed by atoms with van der Waals surface area (Å²) in [6.45, 7) is 1.31. The van der Waals surface area contributed by atoms with Crippen LogP contribution in [0.3, 0.4) is 0 Å². The van der Waals surface area contributed by atoms with Gasteiger partial charge in [-0.05, 0) is 28.1 Å². The molecule has 2 rings (SSSR count). The number of nitrogens with zero attached hydrogens (tertiary/aromatic N) is 1. The summed E-state index contributed by atoms with van der Waals surface area (Å²) in [5, 5.41) is 12.9. The van der Waals surface area contributed by atoms with Gasteiger partial charge in [-0.2, -0.15) is 0 Å². The molecule has 0 spiro atoms. The van der Waals surface area contributed by atoms with Crippen molar-refractivity contribution in [3.63, 3.8) is 0 Å². The van der Waals surface area contributed by atoms with E-state index >= 15 is 0 Å². The van der Waals surface area contributed by atoms with Crippen LogP contribution in [0.15, 0.2) is 22.9 Å². The number of aliphatic hydroxyl groups is 1. The number of aromatic nitrogens is 1. The summed E-state index contributed by atoms with van der Waals surface area (Å²) in [6.07, 6.45) is 2.59. The summed E-state index contributed by atoms with van der Waals surface area (Å²) >= 11 is 3.21. The molecule has 2 heterocycles. The predicted molar refractivity (Wildman–Crippen MR) is 69.3 cm³/mol. The minimum atomic E-state index is -0.850. The van der Waals surface area contributed by atoms with Crippen LogP contribution < -0.4 is 5.32 Å². The summed E-state index contributed by atoms with van der Waals surface area (Å²) in [4.78, 5) is 15.8. The van der Waals surface area contributed by atoms with E-state index in [-0.39, 0.29) is 12.5 Å². The van der Waals surface area contributed by atoms with Gasteiger partial charge in [0.15, 0.2) is 0 Å². The Balaban J connectivity index is 1.89. The maximum atomic E-state index is 11.8. The number of carbonyl (C=O) groups is 1. The standard InChI is InChI=1S/C12H15BrN2O3/c13-10-2-1-9(7-14-10)11(16)15-8-12(17)3-5-18-6-4-12/h1-2,7,17H,3-6,8H2,(H,15,16). The van der Waals surface area contributed by atoms with E-state index < -0.39 is 5.60 Å². The zero-order chi connectivity index (χ0) is 13.0. The fourth-order valence-electron chi connectivity index (χ4n) is 1.79. The molecule has 0 aliphatic carbocycles. The van der Waals surface area contributed by atoms with Gasteiger partial charge in [0.25, 0.3) is 5.91 Å². The molecule has 0 saturated carbocycles. The molecule has 5 nitrogen and oxygen atoms in total. The van der Waals surface area contributed by atoms with Gasteiger partial charge in [0.1, 0.15) is 4.60 Å². The lowest BCUT2D eigenvalue weighted by atomic mass is 9.94. The molecule has 6 heteroatoms. The molecule has 0 unspecified atom stereocenters. The van der Waals surface area contributed by atoms with Crippen LogP contribution in [0.5, 0.6) is 0 Å². The molecular weight excluding hydrogens is 300 g/mol. The third kappa shape index (κ3) is 3.51. The van der Waals surface area contributed by atoms with E-state index in [1.807, 2.05) is 0 Å². The van der Waals surface area contributed by atoms with Crippen molar-refractivity contribution in [2.45, 2.75) is 18.4 Å². The zero-order valence-corrected chi connectivity index (χ0v) is 11.4. The van der Waals surface area contributed by atoms with Gasteiger partial charge in [-0.3, -0.25) is 4.79 Å². The SMILES string of the molecule is O=C(NCC1(O)CCOCC1)c1ccc(Br)nc1. The Morgan fingerprint density at radius 1 is 1.50 bits per heavy atom. The van der Waals surface area contributed by atoms with E-state index in [1.165, 1.54) is 6.20 Å². The second kappa shape index (κ2) is 5.77. The van der Waals surface area contributed by atoms with Crippen LogP contribution in [0.2, 0.25) is 0 Å². The lowest BCUT2D eigenvalue weighted by Crippen LogP contribution is -2.46. The van der Waals surface area contributed by atoms with Gasteiger partial charge in [0.2, 0.25) is 0 Å². The first-order chi connectivity index (χ1) is 8.59. The minimum absolute atomic E-state index is 0.227. The van der Waals surface area contributed by atoms with E-state index in [0.717, 1.165) is 0 Å². The maximum absolute atomic E-state index is 11.8. The van der Waals surface area contributed by atoms with Crippen LogP contribution in [0.25, 0.3) is 0 Å². The number of pyridine rings is 1. The number of halogens is 1. The predicted octanol–water partition coefficient (Wildman–Crippen LogP) is 1.12. The molecule has 0 atom stereocenters. The van der Waals surface area contributed by atoms with Gasteiger partial charge in [-0.1, -0.05) is 0 Å². The van der Waals surface area contributed by atoms with Crippen LogP contribution in [0, 0.1) is 0 Å². The van der Waals surface area contributed by atoms with Crippen LogP contribution in [-0.4, -0.2) is 41.4 Å². The fourth-order valence-corrected chi connectivity index (χ4v) is 2.02. The molecule has 1 fully saturated rings. The molecule has 1 amide bonds. The quantitative estimate of drug-likeness (QED) is 0.820. The summed E-state index contributed by atoms with van der Waals surface area (Å²) < 4.78 is 5.86. The van der Waals surface area contributed by atoms with Crippen molar-refractivity contribution in [2.24, 2.45) is 0 Å².